The van der Waals surface area contributed by atoms with Gasteiger partial charge in [0, 0.05) is 27.6 Å². The zero-order valence-electron chi connectivity index (χ0n) is 21.1. The third-order valence-electron chi connectivity index (χ3n) is 5.70. The number of ether oxygens (including phenoxy) is 1. The van der Waals surface area contributed by atoms with E-state index >= 15 is 0 Å². The zero-order valence-corrected chi connectivity index (χ0v) is 22.6. The monoisotopic (exact) mass is 508 g/mol. The van der Waals surface area contributed by atoms with Crippen LogP contribution in [0.1, 0.15) is 54.0 Å². The predicted molar refractivity (Wildman–Crippen MR) is 142 cm³/mol. The van der Waals surface area contributed by atoms with Gasteiger partial charge in [-0.3, -0.25) is 9.36 Å². The van der Waals surface area contributed by atoms with E-state index in [0.717, 1.165) is 28.2 Å². The molecule has 0 saturated heterocycles. The molecule has 0 amide bonds. The van der Waals surface area contributed by atoms with E-state index in [9.17, 15) is 4.79 Å². The first-order valence-corrected chi connectivity index (χ1v) is 12.6. The molecule has 0 bridgehead atoms. The van der Waals surface area contributed by atoms with Crippen LogP contribution in [0, 0.1) is 27.7 Å². The van der Waals surface area contributed by atoms with Crippen LogP contribution < -0.4 is 10.3 Å². The highest BCUT2D eigenvalue weighted by Gasteiger charge is 2.21. The second-order valence-corrected chi connectivity index (χ2v) is 11.2. The van der Waals surface area contributed by atoms with E-state index in [1.165, 1.54) is 9.44 Å². The molecule has 6 nitrogen and oxygen atoms in total. The molecule has 3 heterocycles. The van der Waals surface area contributed by atoms with Gasteiger partial charge in [0.2, 0.25) is 5.88 Å². The third-order valence-corrected chi connectivity index (χ3v) is 6.92. The van der Waals surface area contributed by atoms with Crippen molar-refractivity contribution in [2.24, 2.45) is 0 Å². The maximum atomic E-state index is 13.4. The number of thiophene rings is 1. The predicted octanol–water partition coefficient (Wildman–Crippen LogP) is 6.51. The van der Waals surface area contributed by atoms with Gasteiger partial charge in [-0.2, -0.15) is 4.98 Å². The Morgan fingerprint density at radius 3 is 2.49 bits per heavy atom. The number of aryl methyl sites for hydroxylation is 3. The molecule has 0 spiro atoms. The summed E-state index contributed by atoms with van der Waals surface area (Å²) in [5.74, 6) is 1.58. The molecule has 0 atom stereocenters. The summed E-state index contributed by atoms with van der Waals surface area (Å²) >= 11 is 8.26. The lowest BCUT2D eigenvalue weighted by atomic mass is 9.95. The quantitative estimate of drug-likeness (QED) is 0.307. The molecular weight excluding hydrogens is 480 g/mol. The van der Waals surface area contributed by atoms with Crippen LogP contribution in [0.25, 0.3) is 16.9 Å². The van der Waals surface area contributed by atoms with Crippen molar-refractivity contribution in [3.63, 3.8) is 0 Å². The number of rotatable bonds is 5. The number of nitrogens with zero attached hydrogens (tertiary/aromatic N) is 4. The first-order chi connectivity index (χ1) is 16.5. The van der Waals surface area contributed by atoms with E-state index in [-0.39, 0.29) is 11.0 Å². The Hall–Kier alpha value is -3.03. The molecule has 0 saturated carbocycles. The molecule has 3 aromatic heterocycles. The Morgan fingerprint density at radius 1 is 1.09 bits per heavy atom. The SMILES string of the molecule is Cc1cc(COc2nc(C)n(-c3cc(-c4nc(C(C)(C)C)ncc4C)ccc3Cl)c(=O)c2C)cs1. The standard InChI is InChI=1S/C27H29ClN4O2S/c1-15-12-29-26(27(5,6)7)31-23(15)20-8-9-21(28)22(11-20)32-18(4)30-24(17(3)25(32)33)34-13-19-10-16(2)35-14-19/h8-12,14H,13H2,1-7H3. The van der Waals surface area contributed by atoms with Crippen LogP contribution in [-0.4, -0.2) is 19.5 Å². The van der Waals surface area contributed by atoms with Gasteiger partial charge >= 0.3 is 0 Å². The Labute approximate surface area is 214 Å². The van der Waals surface area contributed by atoms with Crippen molar-refractivity contribution in [2.75, 3.05) is 0 Å². The molecule has 0 aliphatic rings. The van der Waals surface area contributed by atoms with E-state index in [1.54, 1.807) is 31.3 Å². The van der Waals surface area contributed by atoms with Crippen molar-refractivity contribution >= 4 is 22.9 Å². The van der Waals surface area contributed by atoms with Crippen LogP contribution in [-0.2, 0) is 12.0 Å². The normalized spacial score (nSPS) is 11.7. The first kappa shape index (κ1) is 25.1. The van der Waals surface area contributed by atoms with Crippen LogP contribution in [0.4, 0.5) is 0 Å². The van der Waals surface area contributed by atoms with E-state index in [2.05, 4.69) is 36.8 Å². The van der Waals surface area contributed by atoms with Crippen LogP contribution in [0.3, 0.4) is 0 Å². The molecule has 0 N–H and O–H groups in total. The molecule has 1 aromatic carbocycles. The second-order valence-electron chi connectivity index (χ2n) is 9.73. The van der Waals surface area contributed by atoms with Gasteiger partial charge in [0.25, 0.3) is 5.56 Å². The summed E-state index contributed by atoms with van der Waals surface area (Å²) in [7, 11) is 0. The van der Waals surface area contributed by atoms with Gasteiger partial charge < -0.3 is 4.74 Å². The molecule has 0 aliphatic heterocycles. The number of hydrogen-bond donors (Lipinski definition) is 0. The average Bonchev–Trinajstić information content (AvgIpc) is 3.21. The van der Waals surface area contributed by atoms with Crippen molar-refractivity contribution in [3.8, 4) is 22.8 Å². The van der Waals surface area contributed by atoms with Crippen LogP contribution in [0.5, 0.6) is 5.88 Å². The molecular formula is C27H29ClN4O2S. The number of hydrogen-bond acceptors (Lipinski definition) is 6. The largest absolute Gasteiger partial charge is 0.472 e. The van der Waals surface area contributed by atoms with Crippen LogP contribution >= 0.6 is 22.9 Å². The van der Waals surface area contributed by atoms with Gasteiger partial charge in [0.1, 0.15) is 18.3 Å². The minimum absolute atomic E-state index is 0.191. The highest BCUT2D eigenvalue weighted by atomic mass is 35.5. The van der Waals surface area contributed by atoms with Gasteiger partial charge in [0.15, 0.2) is 0 Å². The summed E-state index contributed by atoms with van der Waals surface area (Å²) in [6.07, 6.45) is 1.83. The van der Waals surface area contributed by atoms with Crippen molar-refractivity contribution in [1.29, 1.82) is 0 Å². The van der Waals surface area contributed by atoms with Gasteiger partial charge in [-0.1, -0.05) is 38.4 Å². The van der Waals surface area contributed by atoms with Crippen LogP contribution in [0.2, 0.25) is 5.02 Å². The van der Waals surface area contributed by atoms with Gasteiger partial charge in [-0.05, 0) is 56.8 Å². The number of benzene rings is 1. The van der Waals surface area contributed by atoms with Gasteiger partial charge in [-0.25, -0.2) is 9.97 Å². The Balaban J connectivity index is 1.76. The molecule has 35 heavy (non-hydrogen) atoms. The summed E-state index contributed by atoms with van der Waals surface area (Å²) in [6.45, 7) is 14.1. The van der Waals surface area contributed by atoms with E-state index < -0.39 is 0 Å². The fourth-order valence-corrected chi connectivity index (χ4v) is 4.66. The lowest BCUT2D eigenvalue weighted by molar-refractivity contribution is 0.289. The van der Waals surface area contributed by atoms with E-state index in [1.807, 2.05) is 37.6 Å². The highest BCUT2D eigenvalue weighted by Crippen LogP contribution is 2.30. The summed E-state index contributed by atoms with van der Waals surface area (Å²) < 4.78 is 7.44. The summed E-state index contributed by atoms with van der Waals surface area (Å²) in [5, 5.41) is 2.50. The summed E-state index contributed by atoms with van der Waals surface area (Å²) in [4.78, 5) is 28.6. The fraction of sp³-hybridized carbons (Fsp3) is 0.333. The Kier molecular flexibility index (Phi) is 6.84. The zero-order chi connectivity index (χ0) is 25.5. The number of halogens is 1. The number of aromatic nitrogens is 4. The molecule has 0 radical (unpaired) electrons. The maximum Gasteiger partial charge on any atom is 0.264 e. The lowest BCUT2D eigenvalue weighted by Gasteiger charge is -2.19. The lowest BCUT2D eigenvalue weighted by Crippen LogP contribution is -2.25. The molecule has 4 rings (SSSR count). The van der Waals surface area contributed by atoms with Crippen molar-refractivity contribution in [1.82, 2.24) is 19.5 Å². The minimum atomic E-state index is -0.220. The van der Waals surface area contributed by atoms with Crippen LogP contribution in [0.15, 0.2) is 40.6 Å². The molecule has 4 aromatic rings. The smallest absolute Gasteiger partial charge is 0.264 e. The Bertz CT molecular complexity index is 1470. The fourth-order valence-electron chi connectivity index (χ4n) is 3.76. The van der Waals surface area contributed by atoms with Crippen molar-refractivity contribution < 1.29 is 4.74 Å². The van der Waals surface area contributed by atoms with Gasteiger partial charge in [-0.15, -0.1) is 11.3 Å². The highest BCUT2D eigenvalue weighted by molar-refractivity contribution is 7.10. The Morgan fingerprint density at radius 2 is 1.83 bits per heavy atom. The average molecular weight is 509 g/mol. The first-order valence-electron chi connectivity index (χ1n) is 11.4. The maximum absolute atomic E-state index is 13.4. The minimum Gasteiger partial charge on any atom is -0.472 e. The van der Waals surface area contributed by atoms with E-state index in [4.69, 9.17) is 21.3 Å². The topological polar surface area (TPSA) is 69.9 Å². The third kappa shape index (κ3) is 5.16. The van der Waals surface area contributed by atoms with Crippen molar-refractivity contribution in [3.05, 3.63) is 84.4 Å². The van der Waals surface area contributed by atoms with Gasteiger partial charge in [0.05, 0.1) is 22.0 Å². The summed E-state index contributed by atoms with van der Waals surface area (Å²) in [6, 6.07) is 7.65. The molecule has 0 aliphatic carbocycles. The molecule has 8 heteroatoms. The van der Waals surface area contributed by atoms with E-state index in [0.29, 0.717) is 34.6 Å². The molecule has 0 unspecified atom stereocenters. The molecule has 182 valence electrons. The van der Waals surface area contributed by atoms with Crippen molar-refractivity contribution in [2.45, 2.75) is 60.5 Å². The molecule has 0 fully saturated rings. The summed E-state index contributed by atoms with van der Waals surface area (Å²) in [5.41, 5.74) is 4.23. The second kappa shape index (κ2) is 9.55.